The molecule has 120 valence electrons. The van der Waals surface area contributed by atoms with Crippen molar-refractivity contribution in [3.05, 3.63) is 30.1 Å². The van der Waals surface area contributed by atoms with Crippen molar-refractivity contribution < 1.29 is 9.53 Å². The molecule has 0 amide bonds. The summed E-state index contributed by atoms with van der Waals surface area (Å²) in [6.45, 7) is 10.8. The van der Waals surface area contributed by atoms with Crippen LogP contribution in [0.3, 0.4) is 0 Å². The fraction of sp³-hybridized carbons (Fsp3) is 0.684. The molecule has 3 aliphatic rings. The molecule has 0 saturated heterocycles. The van der Waals surface area contributed by atoms with Gasteiger partial charge in [0.05, 0.1) is 5.41 Å². The van der Waals surface area contributed by atoms with Crippen molar-refractivity contribution >= 4 is 5.97 Å². The molecule has 0 unspecified atom stereocenters. The summed E-state index contributed by atoms with van der Waals surface area (Å²) < 4.78 is 5.96. The van der Waals surface area contributed by atoms with Gasteiger partial charge in [0.2, 0.25) is 0 Å². The molecule has 3 saturated carbocycles. The second-order valence-corrected chi connectivity index (χ2v) is 8.26. The lowest BCUT2D eigenvalue weighted by Crippen LogP contribution is -2.58. The van der Waals surface area contributed by atoms with Crippen LogP contribution in [0.2, 0.25) is 0 Å². The zero-order valence-electron chi connectivity index (χ0n) is 14.3. The smallest absolute Gasteiger partial charge is 0.316 e. The van der Waals surface area contributed by atoms with Crippen LogP contribution in [-0.4, -0.2) is 17.1 Å². The Labute approximate surface area is 133 Å². The van der Waals surface area contributed by atoms with Crippen molar-refractivity contribution in [2.75, 3.05) is 0 Å². The number of hydrogen-bond acceptors (Lipinski definition) is 3. The zero-order chi connectivity index (χ0) is 16.1. The Balaban J connectivity index is 1.70. The normalized spacial score (nSPS) is 33.0. The molecule has 3 aliphatic carbocycles. The standard InChI is InChI=1S/C19H27NO2/c1-12-15-10-14(18(15,2)3)11-16(12)22-17(21)19(4,5)13-6-8-20-9-7-13/h6-9,12,14-16H,10-11H2,1-5H3/t12-,14+,15-,16-/m0/s1. The third-order valence-corrected chi connectivity index (χ3v) is 6.45. The van der Waals surface area contributed by atoms with Crippen molar-refractivity contribution in [3.8, 4) is 0 Å². The first-order chi connectivity index (χ1) is 10.2. The van der Waals surface area contributed by atoms with E-state index in [0.717, 1.165) is 12.0 Å². The van der Waals surface area contributed by atoms with E-state index in [2.05, 4.69) is 25.8 Å². The van der Waals surface area contributed by atoms with Crippen LogP contribution in [0.25, 0.3) is 0 Å². The number of hydrogen-bond donors (Lipinski definition) is 0. The molecule has 0 aromatic carbocycles. The second-order valence-electron chi connectivity index (χ2n) is 8.26. The molecule has 0 aliphatic heterocycles. The van der Waals surface area contributed by atoms with Gasteiger partial charge in [-0.1, -0.05) is 20.8 Å². The van der Waals surface area contributed by atoms with E-state index in [0.29, 0.717) is 23.2 Å². The Morgan fingerprint density at radius 1 is 1.27 bits per heavy atom. The summed E-state index contributed by atoms with van der Waals surface area (Å²) in [6, 6.07) is 3.79. The first kappa shape index (κ1) is 15.5. The summed E-state index contributed by atoms with van der Waals surface area (Å²) >= 11 is 0. The molecule has 0 spiro atoms. The van der Waals surface area contributed by atoms with Crippen LogP contribution in [0.15, 0.2) is 24.5 Å². The first-order valence-electron chi connectivity index (χ1n) is 8.36. The topological polar surface area (TPSA) is 39.2 Å². The fourth-order valence-corrected chi connectivity index (χ4v) is 4.43. The van der Waals surface area contributed by atoms with Gasteiger partial charge in [-0.25, -0.2) is 0 Å². The zero-order valence-corrected chi connectivity index (χ0v) is 14.3. The van der Waals surface area contributed by atoms with Crippen molar-refractivity contribution in [1.82, 2.24) is 4.98 Å². The molecule has 3 nitrogen and oxygen atoms in total. The molecule has 3 fully saturated rings. The van der Waals surface area contributed by atoms with E-state index in [4.69, 9.17) is 4.74 Å². The van der Waals surface area contributed by atoms with Gasteiger partial charge in [-0.3, -0.25) is 9.78 Å². The third-order valence-electron chi connectivity index (χ3n) is 6.45. The highest BCUT2D eigenvalue weighted by molar-refractivity contribution is 5.82. The van der Waals surface area contributed by atoms with E-state index >= 15 is 0 Å². The highest BCUT2D eigenvalue weighted by Gasteiger charge is 2.57. The molecule has 3 heteroatoms. The summed E-state index contributed by atoms with van der Waals surface area (Å²) in [7, 11) is 0. The van der Waals surface area contributed by atoms with E-state index in [-0.39, 0.29) is 12.1 Å². The first-order valence-corrected chi connectivity index (χ1v) is 8.36. The average Bonchev–Trinajstić information content (AvgIpc) is 2.49. The van der Waals surface area contributed by atoms with Crippen LogP contribution in [0.1, 0.15) is 53.0 Å². The number of carbonyl (C=O) groups excluding carboxylic acids is 1. The number of aromatic nitrogens is 1. The van der Waals surface area contributed by atoms with Gasteiger partial charge in [0.25, 0.3) is 0 Å². The molecule has 1 aromatic rings. The number of pyridine rings is 1. The monoisotopic (exact) mass is 301 g/mol. The van der Waals surface area contributed by atoms with Crippen LogP contribution in [0.5, 0.6) is 0 Å². The Hall–Kier alpha value is -1.38. The largest absolute Gasteiger partial charge is 0.461 e. The number of carbonyl (C=O) groups is 1. The molecule has 4 atom stereocenters. The molecule has 1 heterocycles. The van der Waals surface area contributed by atoms with Gasteiger partial charge in [-0.05, 0) is 67.6 Å². The Bertz CT molecular complexity index is 564. The fourth-order valence-electron chi connectivity index (χ4n) is 4.43. The minimum absolute atomic E-state index is 0.0744. The van der Waals surface area contributed by atoms with Crippen molar-refractivity contribution in [1.29, 1.82) is 0 Å². The van der Waals surface area contributed by atoms with E-state index in [1.165, 1.54) is 6.42 Å². The van der Waals surface area contributed by atoms with E-state index in [1.54, 1.807) is 12.4 Å². The summed E-state index contributed by atoms with van der Waals surface area (Å²) in [4.78, 5) is 16.7. The molecule has 0 radical (unpaired) electrons. The molecular weight excluding hydrogens is 274 g/mol. The van der Waals surface area contributed by atoms with Crippen molar-refractivity contribution in [3.63, 3.8) is 0 Å². The highest BCUT2D eigenvalue weighted by Crippen LogP contribution is 2.61. The molecule has 1 aromatic heterocycles. The predicted octanol–water partition coefficient (Wildman–Crippen LogP) is 3.97. The van der Waals surface area contributed by atoms with Crippen molar-refractivity contribution in [2.24, 2.45) is 23.2 Å². The quantitative estimate of drug-likeness (QED) is 0.793. The maximum Gasteiger partial charge on any atom is 0.316 e. The summed E-state index contributed by atoms with van der Waals surface area (Å²) in [6.07, 6.45) is 5.85. The second kappa shape index (κ2) is 5.07. The minimum Gasteiger partial charge on any atom is -0.461 e. The average molecular weight is 301 g/mol. The van der Waals surface area contributed by atoms with Crippen LogP contribution in [-0.2, 0) is 14.9 Å². The van der Waals surface area contributed by atoms with E-state index in [1.807, 2.05) is 26.0 Å². The number of rotatable bonds is 3. The Morgan fingerprint density at radius 2 is 1.91 bits per heavy atom. The summed E-state index contributed by atoms with van der Waals surface area (Å²) in [5.74, 6) is 1.73. The van der Waals surface area contributed by atoms with Gasteiger partial charge in [-0.15, -0.1) is 0 Å². The van der Waals surface area contributed by atoms with Gasteiger partial charge in [0.1, 0.15) is 6.10 Å². The maximum atomic E-state index is 12.7. The highest BCUT2D eigenvalue weighted by atomic mass is 16.5. The lowest BCUT2D eigenvalue weighted by atomic mass is 9.45. The van der Waals surface area contributed by atoms with Gasteiger partial charge in [0.15, 0.2) is 0 Å². The minimum atomic E-state index is -0.625. The summed E-state index contributed by atoms with van der Waals surface area (Å²) in [5, 5.41) is 0. The molecule has 0 N–H and O–H groups in total. The number of esters is 1. The lowest BCUT2D eigenvalue weighted by Gasteiger charge is -2.61. The SMILES string of the molecule is C[C@@H]1[C@@H](OC(=O)C(C)(C)c2ccncc2)C[C@H]2C[C@@H]1C2(C)C. The van der Waals surface area contributed by atoms with E-state index < -0.39 is 5.41 Å². The maximum absolute atomic E-state index is 12.7. The third kappa shape index (κ3) is 2.26. The number of ether oxygens (including phenoxy) is 1. The number of fused-ring (bicyclic) bond motifs is 2. The van der Waals surface area contributed by atoms with Gasteiger partial charge in [0, 0.05) is 12.4 Å². The van der Waals surface area contributed by atoms with Crippen LogP contribution < -0.4 is 0 Å². The molecule has 2 bridgehead atoms. The number of nitrogens with zero attached hydrogens (tertiary/aromatic N) is 1. The molecule has 22 heavy (non-hydrogen) atoms. The Morgan fingerprint density at radius 3 is 2.45 bits per heavy atom. The Kier molecular flexibility index (Phi) is 3.58. The summed E-state index contributed by atoms with van der Waals surface area (Å²) in [5.41, 5.74) is 0.754. The van der Waals surface area contributed by atoms with Gasteiger partial charge >= 0.3 is 5.97 Å². The van der Waals surface area contributed by atoms with Crippen LogP contribution in [0, 0.1) is 23.2 Å². The van der Waals surface area contributed by atoms with Crippen LogP contribution >= 0.6 is 0 Å². The molecule has 4 rings (SSSR count). The van der Waals surface area contributed by atoms with Crippen molar-refractivity contribution in [2.45, 2.75) is 59.0 Å². The predicted molar refractivity (Wildman–Crippen MR) is 86.3 cm³/mol. The van der Waals surface area contributed by atoms with Gasteiger partial charge < -0.3 is 4.74 Å². The lowest BCUT2D eigenvalue weighted by molar-refractivity contribution is -0.190. The van der Waals surface area contributed by atoms with Crippen LogP contribution in [0.4, 0.5) is 0 Å². The van der Waals surface area contributed by atoms with E-state index in [9.17, 15) is 4.79 Å². The molecular formula is C19H27NO2. The van der Waals surface area contributed by atoms with Gasteiger partial charge in [-0.2, -0.15) is 0 Å².